The molecule has 0 radical (unpaired) electrons. The van der Waals surface area contributed by atoms with Gasteiger partial charge in [0.25, 0.3) is 0 Å². The van der Waals surface area contributed by atoms with Gasteiger partial charge in [0.2, 0.25) is 0 Å². The van der Waals surface area contributed by atoms with Crippen molar-refractivity contribution in [1.29, 1.82) is 0 Å². The van der Waals surface area contributed by atoms with Crippen molar-refractivity contribution < 1.29 is 27.1 Å². The molecule has 0 aliphatic rings. The van der Waals surface area contributed by atoms with E-state index in [0.29, 0.717) is 6.07 Å². The van der Waals surface area contributed by atoms with E-state index >= 15 is 0 Å². The Morgan fingerprint density at radius 1 is 1.06 bits per heavy atom. The summed E-state index contributed by atoms with van der Waals surface area (Å²) in [5, 5.41) is 3.86. The molecule has 0 aliphatic heterocycles. The van der Waals surface area contributed by atoms with Gasteiger partial charge in [0.05, 0.1) is 16.3 Å². The number of carbonyl (C=O) groups excluding carboxylic acids is 1. The van der Waals surface area contributed by atoms with Gasteiger partial charge in [-0.05, 0) is 30.3 Å². The summed E-state index contributed by atoms with van der Waals surface area (Å²) in [6.45, 7) is 0. The lowest BCUT2D eigenvalue weighted by Gasteiger charge is -2.13. The van der Waals surface area contributed by atoms with E-state index in [-0.39, 0.29) is 34.0 Å². The molecule has 0 aliphatic carbocycles. The number of imidazole rings is 1. The number of hydrogen-bond acceptors (Lipinski definition) is 4. The number of ether oxygens (including phenoxy) is 1. The number of anilines is 2. The number of nitrogens with zero attached hydrogens (tertiary/aromatic N) is 1. The SMILES string of the molecule is O=C(Nc1ccc(Cl)c(C(F)(F)F)c1)Nc1ccc(Oc2ccnc3[nH]c(=O)[nH]c23)cc1F. The molecule has 2 aromatic carbocycles. The van der Waals surface area contributed by atoms with Crippen molar-refractivity contribution >= 4 is 40.2 Å². The topological polar surface area (TPSA) is 112 Å². The molecule has 0 unspecified atom stereocenters. The van der Waals surface area contributed by atoms with Crippen LogP contribution in [0.4, 0.5) is 33.7 Å². The number of amides is 2. The van der Waals surface area contributed by atoms with E-state index in [1.807, 2.05) is 0 Å². The van der Waals surface area contributed by atoms with Gasteiger partial charge < -0.3 is 20.4 Å². The molecule has 0 saturated heterocycles. The smallest absolute Gasteiger partial charge is 0.417 e. The number of halogens is 5. The zero-order valence-corrected chi connectivity index (χ0v) is 16.9. The summed E-state index contributed by atoms with van der Waals surface area (Å²) in [5.41, 5.74) is -1.52. The molecule has 13 heteroatoms. The minimum absolute atomic E-state index is 0.0560. The predicted molar refractivity (Wildman–Crippen MR) is 112 cm³/mol. The fourth-order valence-corrected chi connectivity index (χ4v) is 3.11. The molecule has 2 aromatic heterocycles. The second-order valence-electron chi connectivity index (χ2n) is 6.63. The third kappa shape index (κ3) is 4.90. The minimum atomic E-state index is -4.71. The first-order valence-electron chi connectivity index (χ1n) is 9.09. The number of aromatic nitrogens is 3. The molecule has 0 saturated carbocycles. The third-order valence-electron chi connectivity index (χ3n) is 4.33. The largest absolute Gasteiger partial charge is 0.455 e. The van der Waals surface area contributed by atoms with Gasteiger partial charge in [0.15, 0.2) is 11.4 Å². The van der Waals surface area contributed by atoms with E-state index in [1.54, 1.807) is 0 Å². The zero-order chi connectivity index (χ0) is 23.8. The van der Waals surface area contributed by atoms with E-state index in [2.05, 4.69) is 25.6 Å². The number of pyridine rings is 1. The maximum absolute atomic E-state index is 14.5. The molecule has 0 spiro atoms. The van der Waals surface area contributed by atoms with Crippen LogP contribution >= 0.6 is 11.6 Å². The van der Waals surface area contributed by atoms with Crippen LogP contribution in [0.15, 0.2) is 53.5 Å². The number of carbonyl (C=O) groups is 1. The molecule has 170 valence electrons. The number of benzene rings is 2. The summed E-state index contributed by atoms with van der Waals surface area (Å²) in [4.78, 5) is 32.5. The van der Waals surface area contributed by atoms with E-state index in [1.165, 1.54) is 30.5 Å². The van der Waals surface area contributed by atoms with E-state index in [9.17, 15) is 27.2 Å². The van der Waals surface area contributed by atoms with Crippen LogP contribution < -0.4 is 21.1 Å². The van der Waals surface area contributed by atoms with Crippen LogP contribution in [-0.4, -0.2) is 21.0 Å². The molecule has 0 atom stereocenters. The van der Waals surface area contributed by atoms with Crippen molar-refractivity contribution in [2.75, 3.05) is 10.6 Å². The average molecular weight is 482 g/mol. The predicted octanol–water partition coefficient (Wildman–Crippen LogP) is 5.50. The molecule has 4 aromatic rings. The number of nitrogens with one attached hydrogen (secondary N) is 4. The maximum Gasteiger partial charge on any atom is 0.417 e. The van der Waals surface area contributed by atoms with Gasteiger partial charge in [-0.15, -0.1) is 0 Å². The monoisotopic (exact) mass is 481 g/mol. The summed E-state index contributed by atoms with van der Waals surface area (Å²) in [6.07, 6.45) is -3.32. The van der Waals surface area contributed by atoms with Gasteiger partial charge >= 0.3 is 17.9 Å². The standard InChI is InChI=1S/C20H12ClF4N5O3/c21-12-3-1-9(7-11(12)20(23,24)25)27-18(31)28-14-4-2-10(8-13(14)22)33-15-5-6-26-17-16(15)29-19(32)30-17/h1-8H,(H2,27,28,31)(H2,26,29,30,32). The highest BCUT2D eigenvalue weighted by atomic mass is 35.5. The second-order valence-corrected chi connectivity index (χ2v) is 7.03. The first-order valence-corrected chi connectivity index (χ1v) is 9.47. The normalized spacial score (nSPS) is 11.4. The highest BCUT2D eigenvalue weighted by Gasteiger charge is 2.33. The summed E-state index contributed by atoms with van der Waals surface area (Å²) in [7, 11) is 0. The van der Waals surface area contributed by atoms with Gasteiger partial charge in [-0.3, -0.25) is 4.98 Å². The number of rotatable bonds is 4. The molecule has 4 rings (SSSR count). The number of alkyl halides is 3. The van der Waals surface area contributed by atoms with Crippen LogP contribution in [-0.2, 0) is 6.18 Å². The highest BCUT2D eigenvalue weighted by molar-refractivity contribution is 6.31. The molecule has 33 heavy (non-hydrogen) atoms. The quantitative estimate of drug-likeness (QED) is 0.288. The number of H-pyrrole nitrogens is 2. The van der Waals surface area contributed by atoms with Crippen molar-refractivity contribution in [2.24, 2.45) is 0 Å². The molecule has 2 heterocycles. The average Bonchev–Trinajstić information content (AvgIpc) is 3.12. The zero-order valence-electron chi connectivity index (χ0n) is 16.2. The maximum atomic E-state index is 14.5. The van der Waals surface area contributed by atoms with Gasteiger partial charge in [-0.25, -0.2) is 19.0 Å². The van der Waals surface area contributed by atoms with E-state index < -0.39 is 34.3 Å². The van der Waals surface area contributed by atoms with Crippen molar-refractivity contribution in [2.45, 2.75) is 6.18 Å². The molecular formula is C20H12ClF4N5O3. The Balaban J connectivity index is 1.47. The van der Waals surface area contributed by atoms with Crippen LogP contribution in [0, 0.1) is 5.82 Å². The Morgan fingerprint density at radius 3 is 2.58 bits per heavy atom. The second kappa shape index (κ2) is 8.47. The van der Waals surface area contributed by atoms with Crippen LogP contribution in [0.3, 0.4) is 0 Å². The molecule has 2 amide bonds. The Bertz CT molecular complexity index is 1420. The van der Waals surface area contributed by atoms with Crippen LogP contribution in [0.2, 0.25) is 5.02 Å². The summed E-state index contributed by atoms with van der Waals surface area (Å²) >= 11 is 5.54. The highest BCUT2D eigenvalue weighted by Crippen LogP contribution is 2.36. The lowest BCUT2D eigenvalue weighted by molar-refractivity contribution is -0.137. The lowest BCUT2D eigenvalue weighted by atomic mass is 10.2. The number of urea groups is 1. The molecule has 0 fully saturated rings. The van der Waals surface area contributed by atoms with Crippen molar-refractivity contribution in [3.8, 4) is 11.5 Å². The first kappa shape index (κ1) is 22.1. The summed E-state index contributed by atoms with van der Waals surface area (Å²) < 4.78 is 58.9. The van der Waals surface area contributed by atoms with E-state index in [4.69, 9.17) is 16.3 Å². The third-order valence-corrected chi connectivity index (χ3v) is 4.66. The van der Waals surface area contributed by atoms with Crippen molar-refractivity contribution in [3.05, 3.63) is 75.5 Å². The first-order chi connectivity index (χ1) is 15.6. The Morgan fingerprint density at radius 2 is 1.85 bits per heavy atom. The summed E-state index contributed by atoms with van der Waals surface area (Å²) in [5.74, 6) is -0.609. The van der Waals surface area contributed by atoms with Crippen LogP contribution in [0.1, 0.15) is 5.56 Å². The minimum Gasteiger partial charge on any atom is -0.455 e. The molecular weight excluding hydrogens is 470 g/mol. The number of aromatic amines is 2. The van der Waals surface area contributed by atoms with Gasteiger partial charge in [0, 0.05) is 24.0 Å². The fraction of sp³-hybridized carbons (Fsp3) is 0.0500. The number of fused-ring (bicyclic) bond motifs is 1. The summed E-state index contributed by atoms with van der Waals surface area (Å²) in [6, 6.07) is 6.84. The van der Waals surface area contributed by atoms with Gasteiger partial charge in [-0.1, -0.05) is 11.6 Å². The molecule has 0 bridgehead atoms. The Labute approximate surface area is 186 Å². The van der Waals surface area contributed by atoms with Crippen molar-refractivity contribution in [1.82, 2.24) is 15.0 Å². The lowest BCUT2D eigenvalue weighted by Crippen LogP contribution is -2.20. The van der Waals surface area contributed by atoms with Gasteiger partial charge in [0.1, 0.15) is 17.1 Å². The molecule has 8 nitrogen and oxygen atoms in total. The van der Waals surface area contributed by atoms with Gasteiger partial charge in [-0.2, -0.15) is 13.2 Å². The van der Waals surface area contributed by atoms with Crippen LogP contribution in [0.25, 0.3) is 11.2 Å². The van der Waals surface area contributed by atoms with E-state index in [0.717, 1.165) is 12.1 Å². The fourth-order valence-electron chi connectivity index (χ4n) is 2.89. The van der Waals surface area contributed by atoms with Crippen LogP contribution in [0.5, 0.6) is 11.5 Å². The molecule has 4 N–H and O–H groups in total. The van der Waals surface area contributed by atoms with Crippen molar-refractivity contribution in [3.63, 3.8) is 0 Å². The number of hydrogen-bond donors (Lipinski definition) is 4. The Hall–Kier alpha value is -4.06. The Kier molecular flexibility index (Phi) is 5.68.